The van der Waals surface area contributed by atoms with E-state index in [1.165, 1.54) is 10.7 Å². The lowest BCUT2D eigenvalue weighted by Crippen LogP contribution is -2.55. The maximum Gasteiger partial charge on any atom is 0.274 e. The Bertz CT molecular complexity index is 1070. The molecule has 1 saturated carbocycles. The van der Waals surface area contributed by atoms with Crippen molar-refractivity contribution in [3.63, 3.8) is 0 Å². The number of halogens is 3. The third-order valence-corrected chi connectivity index (χ3v) is 5.51. The first-order valence-electron chi connectivity index (χ1n) is 9.00. The molecule has 1 fully saturated rings. The van der Waals surface area contributed by atoms with Crippen LogP contribution in [0, 0.1) is 0 Å². The summed E-state index contributed by atoms with van der Waals surface area (Å²) in [5, 5.41) is 14.1. The van der Waals surface area contributed by atoms with Crippen molar-refractivity contribution in [3.05, 3.63) is 34.8 Å². The molecule has 3 aromatic rings. The second kappa shape index (κ2) is 7.34. The van der Waals surface area contributed by atoms with E-state index in [4.69, 9.17) is 5.73 Å². The van der Waals surface area contributed by atoms with Crippen molar-refractivity contribution >= 4 is 39.0 Å². The van der Waals surface area contributed by atoms with Gasteiger partial charge in [0.05, 0.1) is 29.5 Å². The lowest BCUT2D eigenvalue weighted by atomic mass is 9.87. The van der Waals surface area contributed by atoms with Crippen molar-refractivity contribution in [2.24, 2.45) is 12.8 Å². The van der Waals surface area contributed by atoms with Gasteiger partial charge in [0.1, 0.15) is 5.69 Å². The highest BCUT2D eigenvalue weighted by atomic mass is 79.9. The average molecular weight is 469 g/mol. The molecule has 29 heavy (non-hydrogen) atoms. The molecule has 0 spiro atoms. The molecule has 0 bridgehead atoms. The second-order valence-corrected chi connectivity index (χ2v) is 7.78. The van der Waals surface area contributed by atoms with E-state index in [1.54, 1.807) is 30.1 Å². The van der Waals surface area contributed by atoms with Crippen molar-refractivity contribution in [2.75, 3.05) is 10.6 Å². The number of carbonyl (C=O) groups excluding carboxylic acids is 1. The number of hydrogen-bond donors (Lipinski definition) is 3. The van der Waals surface area contributed by atoms with Gasteiger partial charge in [-0.25, -0.2) is 18.3 Å². The number of nitrogens with two attached hydrogens (primary N) is 1. The normalized spacial score (nSPS) is 21.3. The van der Waals surface area contributed by atoms with E-state index in [9.17, 15) is 13.6 Å². The number of nitrogens with zero attached hydrogens (tertiary/aromatic N) is 5. The van der Waals surface area contributed by atoms with Crippen LogP contribution in [0.25, 0.3) is 5.52 Å². The molecule has 3 heterocycles. The monoisotopic (exact) mass is 468 g/mol. The number of hydrogen-bond acceptors (Lipinski definition) is 6. The van der Waals surface area contributed by atoms with Crippen LogP contribution in [-0.2, 0) is 7.05 Å². The molecule has 1 aliphatic rings. The van der Waals surface area contributed by atoms with Gasteiger partial charge < -0.3 is 16.4 Å². The highest BCUT2D eigenvalue weighted by Gasteiger charge is 2.44. The number of rotatable bonds is 4. The largest absolute Gasteiger partial charge is 0.348 e. The molecule has 4 rings (SSSR count). The molecule has 0 aliphatic heterocycles. The van der Waals surface area contributed by atoms with Crippen LogP contribution < -0.4 is 16.4 Å². The van der Waals surface area contributed by atoms with Crippen molar-refractivity contribution < 1.29 is 13.6 Å². The van der Waals surface area contributed by atoms with Crippen LogP contribution in [0.2, 0.25) is 0 Å². The van der Waals surface area contributed by atoms with Gasteiger partial charge >= 0.3 is 0 Å². The van der Waals surface area contributed by atoms with Crippen LogP contribution in [0.1, 0.15) is 29.8 Å². The number of carbonyl (C=O) groups is 1. The van der Waals surface area contributed by atoms with Gasteiger partial charge in [-0.05, 0) is 40.9 Å². The number of amides is 1. The molecule has 4 N–H and O–H groups in total. The van der Waals surface area contributed by atoms with Crippen molar-refractivity contribution in [2.45, 2.75) is 37.3 Å². The zero-order valence-electron chi connectivity index (χ0n) is 15.4. The zero-order chi connectivity index (χ0) is 20.8. The number of anilines is 2. The Morgan fingerprint density at radius 2 is 2.17 bits per heavy atom. The quantitative estimate of drug-likeness (QED) is 0.541. The lowest BCUT2D eigenvalue weighted by Gasteiger charge is -2.35. The molecule has 2 atom stereocenters. The van der Waals surface area contributed by atoms with Crippen LogP contribution in [0.5, 0.6) is 0 Å². The number of aryl methyl sites for hydroxylation is 1. The van der Waals surface area contributed by atoms with Crippen LogP contribution in [0.4, 0.5) is 20.4 Å². The summed E-state index contributed by atoms with van der Waals surface area (Å²) in [7, 11) is 1.73. The number of aromatic nitrogens is 5. The Morgan fingerprint density at radius 1 is 1.38 bits per heavy atom. The predicted octanol–water partition coefficient (Wildman–Crippen LogP) is 2.40. The number of alkyl halides is 2. The van der Waals surface area contributed by atoms with Gasteiger partial charge in [0, 0.05) is 19.7 Å². The van der Waals surface area contributed by atoms with E-state index in [0.717, 1.165) is 0 Å². The molecule has 1 amide bonds. The first-order valence-corrected chi connectivity index (χ1v) is 9.79. The molecular weight excluding hydrogens is 450 g/mol. The van der Waals surface area contributed by atoms with Gasteiger partial charge in [-0.15, -0.1) is 5.10 Å². The third kappa shape index (κ3) is 3.81. The van der Waals surface area contributed by atoms with E-state index in [2.05, 4.69) is 41.7 Å². The fourth-order valence-electron chi connectivity index (χ4n) is 3.40. The number of fused-ring (bicyclic) bond motifs is 1. The van der Waals surface area contributed by atoms with E-state index in [1.807, 2.05) is 0 Å². The molecule has 154 valence electrons. The summed E-state index contributed by atoms with van der Waals surface area (Å²) < 4.78 is 31.2. The molecule has 0 unspecified atom stereocenters. The summed E-state index contributed by atoms with van der Waals surface area (Å²) in [4.78, 5) is 16.9. The molecule has 0 aromatic carbocycles. The summed E-state index contributed by atoms with van der Waals surface area (Å²) in [5.41, 5.74) is 7.09. The summed E-state index contributed by atoms with van der Waals surface area (Å²) in [6.45, 7) is 0. The Labute approximate surface area is 172 Å². The molecule has 12 heteroatoms. The topological polar surface area (TPSA) is 115 Å². The highest BCUT2D eigenvalue weighted by molar-refractivity contribution is 9.10. The average Bonchev–Trinajstić information content (AvgIpc) is 3.21. The lowest BCUT2D eigenvalue weighted by molar-refractivity contribution is -0.0555. The van der Waals surface area contributed by atoms with Gasteiger partial charge in [-0.3, -0.25) is 9.48 Å². The molecule has 1 aliphatic carbocycles. The second-order valence-electron chi connectivity index (χ2n) is 7.03. The Balaban J connectivity index is 1.58. The van der Waals surface area contributed by atoms with Crippen LogP contribution in [0.15, 0.2) is 29.1 Å². The Hall–Kier alpha value is -2.60. The van der Waals surface area contributed by atoms with E-state index in [-0.39, 0.29) is 18.1 Å². The zero-order valence-corrected chi connectivity index (χ0v) is 17.0. The molecule has 9 nitrogen and oxygen atoms in total. The van der Waals surface area contributed by atoms with Crippen LogP contribution in [-0.4, -0.2) is 48.3 Å². The standard InChI is InChI=1S/C17H19BrF2N8O/c1-27-8-11(14(18)25-27)23-15(29)12-5-4-9-7-22-16(26-28(9)12)24-10-3-2-6-17(19,20)13(10)21/h4-5,7-8,10,13H,2-3,6,21H2,1H3,(H,23,29)(H,24,26)/t10-,13-/m1/s1. The first kappa shape index (κ1) is 19.7. The maximum atomic E-state index is 13.9. The van der Waals surface area contributed by atoms with Crippen molar-refractivity contribution in [3.8, 4) is 0 Å². The van der Waals surface area contributed by atoms with Crippen molar-refractivity contribution in [1.29, 1.82) is 0 Å². The van der Waals surface area contributed by atoms with Crippen molar-refractivity contribution in [1.82, 2.24) is 24.4 Å². The molecule has 0 saturated heterocycles. The summed E-state index contributed by atoms with van der Waals surface area (Å²) in [6, 6.07) is 1.31. The minimum atomic E-state index is -2.93. The van der Waals surface area contributed by atoms with Crippen LogP contribution in [0.3, 0.4) is 0 Å². The van der Waals surface area contributed by atoms with Gasteiger partial charge in [-0.2, -0.15) is 5.10 Å². The van der Waals surface area contributed by atoms with Gasteiger partial charge in [0.2, 0.25) is 5.95 Å². The highest BCUT2D eigenvalue weighted by Crippen LogP contribution is 2.33. The van der Waals surface area contributed by atoms with Gasteiger partial charge in [0.25, 0.3) is 11.8 Å². The SMILES string of the molecule is Cn1cc(NC(=O)c2ccc3cnc(N[C@@H]4CCCC(F)(F)[C@@H]4N)nn23)c(Br)n1. The summed E-state index contributed by atoms with van der Waals surface area (Å²) in [6.07, 6.45) is 3.80. The molecule has 3 aromatic heterocycles. The minimum absolute atomic E-state index is 0.128. The molecular formula is C17H19BrF2N8O. The van der Waals surface area contributed by atoms with Gasteiger partial charge in [0.15, 0.2) is 4.60 Å². The Morgan fingerprint density at radius 3 is 2.90 bits per heavy atom. The van der Waals surface area contributed by atoms with E-state index in [0.29, 0.717) is 28.6 Å². The minimum Gasteiger partial charge on any atom is -0.348 e. The van der Waals surface area contributed by atoms with Crippen LogP contribution >= 0.6 is 15.9 Å². The fraction of sp³-hybridized carbons (Fsp3) is 0.412. The fourth-order valence-corrected chi connectivity index (χ4v) is 3.85. The van der Waals surface area contributed by atoms with E-state index < -0.39 is 23.9 Å². The maximum absolute atomic E-state index is 13.9. The number of nitrogens with one attached hydrogen (secondary N) is 2. The summed E-state index contributed by atoms with van der Waals surface area (Å²) >= 11 is 3.28. The van der Waals surface area contributed by atoms with Gasteiger partial charge in [-0.1, -0.05) is 0 Å². The molecule has 0 radical (unpaired) electrons. The predicted molar refractivity (Wildman–Crippen MR) is 106 cm³/mol. The van der Waals surface area contributed by atoms with E-state index >= 15 is 0 Å². The first-order chi connectivity index (χ1) is 13.7. The third-order valence-electron chi connectivity index (χ3n) is 4.92. The Kier molecular flexibility index (Phi) is 4.99. The summed E-state index contributed by atoms with van der Waals surface area (Å²) in [5.74, 6) is -3.21. The smallest absolute Gasteiger partial charge is 0.274 e.